The fourth-order valence-corrected chi connectivity index (χ4v) is 2.32. The SMILES string of the molecule is CC(CO)N(C)C(=O)c1cccc(C(=O)N(C)CC(C)(C)C)c1. The molecule has 128 valence electrons. The highest BCUT2D eigenvalue weighted by atomic mass is 16.3. The van der Waals surface area contributed by atoms with Crippen LogP contribution in [0.25, 0.3) is 0 Å². The van der Waals surface area contributed by atoms with Crippen molar-refractivity contribution in [3.05, 3.63) is 35.4 Å². The Balaban J connectivity index is 2.96. The van der Waals surface area contributed by atoms with Crippen LogP contribution in [0.5, 0.6) is 0 Å². The first kappa shape index (κ1) is 19.2. The molecule has 1 aromatic rings. The minimum atomic E-state index is -0.273. The van der Waals surface area contributed by atoms with Crippen molar-refractivity contribution in [2.75, 3.05) is 27.2 Å². The van der Waals surface area contributed by atoms with Crippen LogP contribution in [-0.2, 0) is 0 Å². The second-order valence-corrected chi connectivity index (χ2v) is 7.25. The molecule has 0 spiro atoms. The fraction of sp³-hybridized carbons (Fsp3) is 0.556. The topological polar surface area (TPSA) is 60.9 Å². The molecule has 1 aromatic carbocycles. The largest absolute Gasteiger partial charge is 0.394 e. The van der Waals surface area contributed by atoms with Gasteiger partial charge in [0, 0.05) is 31.8 Å². The molecule has 5 nitrogen and oxygen atoms in total. The van der Waals surface area contributed by atoms with Crippen molar-refractivity contribution in [2.24, 2.45) is 5.41 Å². The lowest BCUT2D eigenvalue weighted by Gasteiger charge is -2.27. The quantitative estimate of drug-likeness (QED) is 0.905. The zero-order valence-electron chi connectivity index (χ0n) is 15.0. The third-order valence-corrected chi connectivity index (χ3v) is 3.66. The Hall–Kier alpha value is -1.88. The van der Waals surface area contributed by atoms with Crippen LogP contribution in [-0.4, -0.2) is 60.0 Å². The van der Waals surface area contributed by atoms with Gasteiger partial charge in [0.1, 0.15) is 0 Å². The Bertz CT molecular complexity index is 564. The summed E-state index contributed by atoms with van der Waals surface area (Å²) in [6.07, 6.45) is 0. The summed E-state index contributed by atoms with van der Waals surface area (Å²) in [6, 6.07) is 6.45. The van der Waals surface area contributed by atoms with Gasteiger partial charge in [-0.2, -0.15) is 0 Å². The Labute approximate surface area is 138 Å². The van der Waals surface area contributed by atoms with E-state index in [0.717, 1.165) is 0 Å². The van der Waals surface area contributed by atoms with E-state index >= 15 is 0 Å². The molecule has 2 amide bonds. The number of likely N-dealkylation sites (N-methyl/N-ethyl adjacent to an activating group) is 1. The van der Waals surface area contributed by atoms with E-state index in [1.54, 1.807) is 50.2 Å². The van der Waals surface area contributed by atoms with Crippen molar-refractivity contribution in [1.29, 1.82) is 0 Å². The van der Waals surface area contributed by atoms with Crippen LogP contribution in [0, 0.1) is 5.41 Å². The van der Waals surface area contributed by atoms with Crippen molar-refractivity contribution in [1.82, 2.24) is 9.80 Å². The molecule has 0 saturated heterocycles. The van der Waals surface area contributed by atoms with Gasteiger partial charge in [-0.25, -0.2) is 0 Å². The van der Waals surface area contributed by atoms with Crippen molar-refractivity contribution < 1.29 is 14.7 Å². The summed E-state index contributed by atoms with van der Waals surface area (Å²) < 4.78 is 0. The molecule has 0 bridgehead atoms. The highest BCUT2D eigenvalue weighted by molar-refractivity contribution is 5.99. The van der Waals surface area contributed by atoms with Gasteiger partial charge in [0.2, 0.25) is 0 Å². The second-order valence-electron chi connectivity index (χ2n) is 7.25. The van der Waals surface area contributed by atoms with Crippen LogP contribution in [0.1, 0.15) is 48.4 Å². The van der Waals surface area contributed by atoms with Crippen LogP contribution in [0.3, 0.4) is 0 Å². The van der Waals surface area contributed by atoms with Gasteiger partial charge in [0.15, 0.2) is 0 Å². The van der Waals surface area contributed by atoms with E-state index in [0.29, 0.717) is 17.7 Å². The molecule has 0 heterocycles. The summed E-state index contributed by atoms with van der Waals surface area (Å²) >= 11 is 0. The van der Waals surface area contributed by atoms with E-state index in [-0.39, 0.29) is 29.9 Å². The zero-order chi connectivity index (χ0) is 17.8. The number of aliphatic hydroxyl groups excluding tert-OH is 1. The molecule has 0 radical (unpaired) electrons. The van der Waals surface area contributed by atoms with Gasteiger partial charge in [-0.05, 0) is 30.5 Å². The number of carbonyl (C=O) groups is 2. The zero-order valence-corrected chi connectivity index (χ0v) is 15.0. The lowest BCUT2D eigenvalue weighted by Crippen LogP contribution is -2.37. The maximum Gasteiger partial charge on any atom is 0.253 e. The summed E-state index contributed by atoms with van der Waals surface area (Å²) in [5.74, 6) is -0.313. The first-order valence-corrected chi connectivity index (χ1v) is 7.80. The van der Waals surface area contributed by atoms with Crippen molar-refractivity contribution in [2.45, 2.75) is 33.7 Å². The van der Waals surface area contributed by atoms with E-state index in [9.17, 15) is 14.7 Å². The lowest BCUT2D eigenvalue weighted by atomic mass is 9.96. The van der Waals surface area contributed by atoms with Crippen molar-refractivity contribution >= 4 is 11.8 Å². The maximum absolute atomic E-state index is 12.5. The van der Waals surface area contributed by atoms with E-state index in [1.165, 1.54) is 4.90 Å². The molecule has 23 heavy (non-hydrogen) atoms. The Kier molecular flexibility index (Phi) is 6.33. The third kappa shape index (κ3) is 5.36. The molecule has 1 atom stereocenters. The smallest absolute Gasteiger partial charge is 0.253 e. The summed E-state index contributed by atoms with van der Waals surface area (Å²) in [5, 5.41) is 9.17. The van der Waals surface area contributed by atoms with Gasteiger partial charge in [-0.1, -0.05) is 26.8 Å². The molecule has 0 aliphatic carbocycles. The Morgan fingerprint density at radius 1 is 1.13 bits per heavy atom. The lowest BCUT2D eigenvalue weighted by molar-refractivity contribution is 0.0682. The Morgan fingerprint density at radius 3 is 2.13 bits per heavy atom. The molecule has 0 saturated carbocycles. The van der Waals surface area contributed by atoms with Crippen molar-refractivity contribution in [3.63, 3.8) is 0 Å². The fourth-order valence-electron chi connectivity index (χ4n) is 2.32. The normalized spacial score (nSPS) is 12.7. The maximum atomic E-state index is 12.5. The molecule has 0 aliphatic heterocycles. The molecule has 1 N–H and O–H groups in total. The van der Waals surface area contributed by atoms with Crippen LogP contribution in [0.2, 0.25) is 0 Å². The Morgan fingerprint density at radius 2 is 1.65 bits per heavy atom. The molecule has 5 heteroatoms. The number of amides is 2. The van der Waals surface area contributed by atoms with Crippen LogP contribution >= 0.6 is 0 Å². The van der Waals surface area contributed by atoms with Crippen LogP contribution < -0.4 is 0 Å². The summed E-state index contributed by atoms with van der Waals surface area (Å²) in [5.41, 5.74) is 0.949. The number of hydrogen-bond donors (Lipinski definition) is 1. The standard InChI is InChI=1S/C18H28N2O3/c1-13(11-21)20(6)17(23)15-9-7-8-14(10-15)16(22)19(5)12-18(2,3)4/h7-10,13,21H,11-12H2,1-6H3. The molecule has 1 unspecified atom stereocenters. The number of hydrogen-bond acceptors (Lipinski definition) is 3. The van der Waals surface area contributed by atoms with Gasteiger partial charge in [0.25, 0.3) is 11.8 Å². The third-order valence-electron chi connectivity index (χ3n) is 3.66. The van der Waals surface area contributed by atoms with E-state index in [1.807, 2.05) is 0 Å². The minimum Gasteiger partial charge on any atom is -0.394 e. The van der Waals surface area contributed by atoms with Crippen LogP contribution in [0.4, 0.5) is 0 Å². The average molecular weight is 320 g/mol. The number of carbonyl (C=O) groups excluding carboxylic acids is 2. The predicted octanol–water partition coefficient (Wildman–Crippen LogP) is 2.26. The predicted molar refractivity (Wildman–Crippen MR) is 91.5 cm³/mol. The van der Waals surface area contributed by atoms with Crippen LogP contribution in [0.15, 0.2) is 24.3 Å². The number of nitrogens with zero attached hydrogens (tertiary/aromatic N) is 2. The first-order chi connectivity index (χ1) is 10.6. The molecule has 0 aromatic heterocycles. The molecular weight excluding hydrogens is 292 g/mol. The highest BCUT2D eigenvalue weighted by Crippen LogP contribution is 2.17. The number of benzene rings is 1. The highest BCUT2D eigenvalue weighted by Gasteiger charge is 2.21. The monoisotopic (exact) mass is 320 g/mol. The minimum absolute atomic E-state index is 0.00855. The molecule has 1 rings (SSSR count). The van der Waals surface area contributed by atoms with E-state index < -0.39 is 0 Å². The van der Waals surface area contributed by atoms with Gasteiger partial charge >= 0.3 is 0 Å². The van der Waals surface area contributed by atoms with Gasteiger partial charge < -0.3 is 14.9 Å². The van der Waals surface area contributed by atoms with Crippen molar-refractivity contribution in [3.8, 4) is 0 Å². The van der Waals surface area contributed by atoms with E-state index in [4.69, 9.17) is 0 Å². The summed E-state index contributed by atoms with van der Waals surface area (Å²) in [4.78, 5) is 28.1. The molecular formula is C18H28N2O3. The number of aliphatic hydroxyl groups is 1. The van der Waals surface area contributed by atoms with E-state index in [2.05, 4.69) is 20.8 Å². The van der Waals surface area contributed by atoms with Gasteiger partial charge in [-0.15, -0.1) is 0 Å². The summed E-state index contributed by atoms with van der Waals surface area (Å²) in [7, 11) is 3.41. The second kappa shape index (κ2) is 7.59. The summed E-state index contributed by atoms with van der Waals surface area (Å²) in [6.45, 7) is 8.51. The first-order valence-electron chi connectivity index (χ1n) is 7.80. The molecule has 0 aliphatic rings. The average Bonchev–Trinajstić information content (AvgIpc) is 2.50. The number of rotatable bonds is 5. The van der Waals surface area contributed by atoms with Gasteiger partial charge in [-0.3, -0.25) is 9.59 Å². The molecule has 0 fully saturated rings. The van der Waals surface area contributed by atoms with Gasteiger partial charge in [0.05, 0.1) is 12.6 Å².